The van der Waals surface area contributed by atoms with E-state index in [9.17, 15) is 4.79 Å². The molecule has 2 aromatic heterocycles. The van der Waals surface area contributed by atoms with Crippen LogP contribution < -0.4 is 11.1 Å². The van der Waals surface area contributed by atoms with Crippen LogP contribution in [0, 0.1) is 18.8 Å². The highest BCUT2D eigenvalue weighted by atomic mass is 32.1. The Bertz CT molecular complexity index is 782. The van der Waals surface area contributed by atoms with Crippen LogP contribution in [0.4, 0.5) is 5.69 Å². The van der Waals surface area contributed by atoms with Crippen molar-refractivity contribution in [1.82, 2.24) is 10.2 Å². The number of carbonyl (C=O) groups excluding carboxylic acids is 1. The predicted molar refractivity (Wildman–Crippen MR) is 111 cm³/mol. The van der Waals surface area contributed by atoms with Gasteiger partial charge in [0.15, 0.2) is 0 Å². The molecule has 2 aromatic rings. The van der Waals surface area contributed by atoms with Crippen molar-refractivity contribution < 1.29 is 4.79 Å². The number of carbonyl (C=O) groups is 1. The molecule has 0 aromatic carbocycles. The van der Waals surface area contributed by atoms with Crippen molar-refractivity contribution in [3.05, 3.63) is 22.8 Å². The summed E-state index contributed by atoms with van der Waals surface area (Å²) in [5, 5.41) is 10.7. The molecule has 0 unspecified atom stereocenters. The number of nitrogens with zero attached hydrogens (tertiary/aromatic N) is 1. The van der Waals surface area contributed by atoms with Gasteiger partial charge in [0, 0.05) is 22.2 Å². The Kier molecular flexibility index (Phi) is 5.53. The summed E-state index contributed by atoms with van der Waals surface area (Å²) in [4.78, 5) is 13.6. The molecule has 2 aliphatic rings. The van der Waals surface area contributed by atoms with Gasteiger partial charge < -0.3 is 11.1 Å². The molecule has 0 bridgehead atoms. The van der Waals surface area contributed by atoms with Crippen LogP contribution in [0.2, 0.25) is 0 Å². The predicted octanol–water partition coefficient (Wildman–Crippen LogP) is 5.10. The first-order chi connectivity index (χ1) is 13.1. The Morgan fingerprint density at radius 1 is 1.15 bits per heavy atom. The van der Waals surface area contributed by atoms with E-state index in [1.54, 1.807) is 0 Å². The number of anilines is 1. The van der Waals surface area contributed by atoms with Crippen molar-refractivity contribution in [2.45, 2.75) is 70.8 Å². The number of nitrogens with two attached hydrogens (primary N) is 1. The van der Waals surface area contributed by atoms with Crippen LogP contribution in [0.5, 0.6) is 0 Å². The molecular formula is C21H30N4OS. The number of H-pyrrole nitrogens is 1. The van der Waals surface area contributed by atoms with Gasteiger partial charge in [-0.15, -0.1) is 11.3 Å². The smallest absolute Gasteiger partial charge is 0.260 e. The summed E-state index contributed by atoms with van der Waals surface area (Å²) in [5.41, 5.74) is 8.59. The molecule has 27 heavy (non-hydrogen) atoms. The monoisotopic (exact) mass is 386 g/mol. The maximum atomic E-state index is 12.0. The average molecular weight is 387 g/mol. The van der Waals surface area contributed by atoms with Gasteiger partial charge in [0.25, 0.3) is 5.91 Å². The molecule has 2 saturated carbocycles. The number of amides is 1. The van der Waals surface area contributed by atoms with Crippen molar-refractivity contribution in [3.8, 4) is 10.4 Å². The van der Waals surface area contributed by atoms with E-state index in [0.717, 1.165) is 33.7 Å². The number of aromatic nitrogens is 2. The topological polar surface area (TPSA) is 83.8 Å². The first kappa shape index (κ1) is 18.5. The third kappa shape index (κ3) is 4.05. The van der Waals surface area contributed by atoms with Crippen molar-refractivity contribution in [3.63, 3.8) is 0 Å². The first-order valence-electron chi connectivity index (χ1n) is 10.3. The fourth-order valence-electron chi connectivity index (χ4n) is 4.97. The van der Waals surface area contributed by atoms with Crippen LogP contribution >= 0.6 is 11.3 Å². The summed E-state index contributed by atoms with van der Waals surface area (Å²) in [6, 6.07) is 2.51. The molecular weight excluding hydrogens is 356 g/mol. The highest BCUT2D eigenvalue weighted by Gasteiger charge is 2.29. The lowest BCUT2D eigenvalue weighted by Crippen LogP contribution is -2.30. The Hall–Kier alpha value is -1.82. The van der Waals surface area contributed by atoms with Crippen LogP contribution in [0.1, 0.15) is 73.2 Å². The second kappa shape index (κ2) is 8.05. The molecule has 0 spiro atoms. The Morgan fingerprint density at radius 2 is 1.85 bits per heavy atom. The molecule has 2 heterocycles. The van der Waals surface area contributed by atoms with E-state index in [1.807, 2.05) is 13.1 Å². The second-order valence-electron chi connectivity index (χ2n) is 8.28. The number of primary amides is 1. The molecule has 146 valence electrons. The molecule has 0 atom stereocenters. The van der Waals surface area contributed by atoms with Crippen molar-refractivity contribution in [1.29, 1.82) is 0 Å². The fourth-order valence-corrected chi connectivity index (χ4v) is 6.01. The minimum Gasteiger partial charge on any atom is -0.381 e. The van der Waals surface area contributed by atoms with Crippen LogP contribution in [0.15, 0.2) is 12.3 Å². The van der Waals surface area contributed by atoms with E-state index in [2.05, 4.69) is 21.6 Å². The minimum absolute atomic E-state index is 0.356. The molecule has 2 aliphatic carbocycles. The van der Waals surface area contributed by atoms with Gasteiger partial charge in [-0.05, 0) is 50.5 Å². The van der Waals surface area contributed by atoms with E-state index in [1.165, 1.54) is 69.1 Å². The fraction of sp³-hybridized carbons (Fsp3) is 0.619. The van der Waals surface area contributed by atoms with Crippen LogP contribution in [-0.4, -0.2) is 22.1 Å². The van der Waals surface area contributed by atoms with Gasteiger partial charge in [0.1, 0.15) is 4.88 Å². The van der Waals surface area contributed by atoms with Gasteiger partial charge in [0.2, 0.25) is 0 Å². The van der Waals surface area contributed by atoms with Crippen molar-refractivity contribution in [2.24, 2.45) is 17.6 Å². The number of rotatable bonds is 5. The molecule has 5 nitrogen and oxygen atoms in total. The van der Waals surface area contributed by atoms with Crippen molar-refractivity contribution >= 4 is 22.9 Å². The standard InChI is InChI=1S/C21H30N4OS/c1-13-17(12-23-25-13)19-11-18(20(27-19)21(22)26)24-16-9-7-15(8-10-16)14-5-3-2-4-6-14/h11-12,14-16,24H,2-10H2,1H3,(H2,22,26)(H,23,25). The Morgan fingerprint density at radius 3 is 2.48 bits per heavy atom. The SMILES string of the molecule is Cc1[nH]ncc1-c1cc(NC2CCC(C3CCCCC3)CC2)c(C(N)=O)s1. The van der Waals surface area contributed by atoms with Gasteiger partial charge in [-0.1, -0.05) is 32.1 Å². The number of hydrogen-bond donors (Lipinski definition) is 3. The molecule has 4 N–H and O–H groups in total. The summed E-state index contributed by atoms with van der Waals surface area (Å²) in [6.07, 6.45) is 14.0. The molecule has 0 saturated heterocycles. The summed E-state index contributed by atoms with van der Waals surface area (Å²) < 4.78 is 0. The normalized spacial score (nSPS) is 24.0. The zero-order chi connectivity index (χ0) is 18.8. The summed E-state index contributed by atoms with van der Waals surface area (Å²) in [5.74, 6) is 1.51. The largest absolute Gasteiger partial charge is 0.381 e. The number of hydrogen-bond acceptors (Lipinski definition) is 4. The van der Waals surface area contributed by atoms with Gasteiger partial charge in [-0.25, -0.2) is 0 Å². The van der Waals surface area contributed by atoms with Gasteiger partial charge >= 0.3 is 0 Å². The quantitative estimate of drug-likeness (QED) is 0.668. The number of aryl methyl sites for hydroxylation is 1. The molecule has 2 fully saturated rings. The van der Waals surface area contributed by atoms with Gasteiger partial charge in [-0.3, -0.25) is 9.89 Å². The molecule has 6 heteroatoms. The summed E-state index contributed by atoms with van der Waals surface area (Å²) in [6.45, 7) is 1.99. The molecule has 0 radical (unpaired) electrons. The lowest BCUT2D eigenvalue weighted by Gasteiger charge is -2.36. The van der Waals surface area contributed by atoms with E-state index >= 15 is 0 Å². The van der Waals surface area contributed by atoms with Crippen LogP contribution in [0.25, 0.3) is 10.4 Å². The second-order valence-corrected chi connectivity index (χ2v) is 9.33. The third-order valence-electron chi connectivity index (χ3n) is 6.50. The molecule has 1 amide bonds. The van der Waals surface area contributed by atoms with Gasteiger partial charge in [0.05, 0.1) is 11.9 Å². The lowest BCUT2D eigenvalue weighted by atomic mass is 9.72. The van der Waals surface area contributed by atoms with E-state index in [4.69, 9.17) is 5.73 Å². The highest BCUT2D eigenvalue weighted by Crippen LogP contribution is 2.40. The maximum Gasteiger partial charge on any atom is 0.260 e. The van der Waals surface area contributed by atoms with E-state index in [-0.39, 0.29) is 5.91 Å². The third-order valence-corrected chi connectivity index (χ3v) is 7.68. The van der Waals surface area contributed by atoms with Crippen molar-refractivity contribution in [2.75, 3.05) is 5.32 Å². The Balaban J connectivity index is 1.43. The molecule has 0 aliphatic heterocycles. The zero-order valence-corrected chi connectivity index (χ0v) is 16.9. The number of nitrogens with one attached hydrogen (secondary N) is 2. The first-order valence-corrected chi connectivity index (χ1v) is 11.1. The van der Waals surface area contributed by atoms with E-state index < -0.39 is 0 Å². The highest BCUT2D eigenvalue weighted by molar-refractivity contribution is 7.18. The average Bonchev–Trinajstić information content (AvgIpc) is 3.29. The van der Waals surface area contributed by atoms with E-state index in [0.29, 0.717) is 10.9 Å². The van der Waals surface area contributed by atoms with Crippen LogP contribution in [0.3, 0.4) is 0 Å². The molecule has 4 rings (SSSR count). The lowest BCUT2D eigenvalue weighted by molar-refractivity contribution is 0.100. The summed E-state index contributed by atoms with van der Waals surface area (Å²) >= 11 is 1.45. The minimum atomic E-state index is -0.356. The number of aromatic amines is 1. The van der Waals surface area contributed by atoms with Crippen LogP contribution in [-0.2, 0) is 0 Å². The maximum absolute atomic E-state index is 12.0. The Labute approximate surface area is 165 Å². The number of thiophene rings is 1. The summed E-state index contributed by atoms with van der Waals surface area (Å²) in [7, 11) is 0. The van der Waals surface area contributed by atoms with Gasteiger partial charge in [-0.2, -0.15) is 5.10 Å². The zero-order valence-electron chi connectivity index (χ0n) is 16.1.